The van der Waals surface area contributed by atoms with Gasteiger partial charge >= 0.3 is 0 Å². The van der Waals surface area contributed by atoms with Crippen LogP contribution in [-0.4, -0.2) is 33.6 Å². The molecule has 2 rings (SSSR count). The maximum atomic E-state index is 10.4. The van der Waals surface area contributed by atoms with E-state index in [0.29, 0.717) is 39.4 Å². The van der Waals surface area contributed by atoms with E-state index in [1.165, 1.54) is 31.0 Å². The fourth-order valence-corrected chi connectivity index (χ4v) is 6.30. The smallest absolute Gasteiger partial charge is 0.121 e. The van der Waals surface area contributed by atoms with Crippen molar-refractivity contribution in [2.45, 2.75) is 90.6 Å². The van der Waals surface area contributed by atoms with E-state index in [1.54, 1.807) is 19.2 Å². The normalized spacial score (nSPS) is 17.6. The Morgan fingerprint density at radius 2 is 1.59 bits per heavy atom. The molecule has 2 N–H and O–H groups in total. The Hall–Kier alpha value is -0.263. The molecule has 1 aromatic carbocycles. The van der Waals surface area contributed by atoms with Gasteiger partial charge in [-0.15, -0.1) is 0 Å². The first-order chi connectivity index (χ1) is 13.7. The zero-order valence-electron chi connectivity index (χ0n) is 19.2. The highest BCUT2D eigenvalue weighted by atomic mass is 35.5. The van der Waals surface area contributed by atoms with Gasteiger partial charge in [0, 0.05) is 26.9 Å². The number of halogens is 2. The SMILES string of the molecule is CC[SiH](CC)CC.COc1cc(Cl)c(C(O)CNC2CCC(C)(C)CC2)c(Cl)c1. The van der Waals surface area contributed by atoms with Gasteiger partial charge in [0.05, 0.1) is 23.3 Å². The standard InChI is InChI=1S/C17H25Cl2NO2.C6H16Si/c1-17(2)6-4-11(5-7-17)20-10-15(21)16-13(18)8-12(22-3)9-14(16)19;1-4-7(5-2)6-3/h8-9,11,15,20-21H,4-7,10H2,1-3H3;7H,4-6H2,1-3H3. The largest absolute Gasteiger partial charge is 0.497 e. The summed E-state index contributed by atoms with van der Waals surface area (Å²) in [6, 6.07) is 8.29. The number of ether oxygens (including phenoxy) is 1. The van der Waals surface area contributed by atoms with E-state index < -0.39 is 6.10 Å². The summed E-state index contributed by atoms with van der Waals surface area (Å²) in [5.74, 6) is 0.591. The predicted octanol–water partition coefficient (Wildman–Crippen LogP) is 6.87. The van der Waals surface area contributed by atoms with Crippen LogP contribution in [0.4, 0.5) is 0 Å². The van der Waals surface area contributed by atoms with Gasteiger partial charge in [0.15, 0.2) is 0 Å². The van der Waals surface area contributed by atoms with Crippen LogP contribution in [0.5, 0.6) is 5.75 Å². The molecule has 0 bridgehead atoms. The lowest BCUT2D eigenvalue weighted by Gasteiger charge is -2.35. The first-order valence-corrected chi connectivity index (χ1v) is 14.3. The lowest BCUT2D eigenvalue weighted by molar-refractivity contribution is 0.152. The van der Waals surface area contributed by atoms with Crippen LogP contribution in [0.2, 0.25) is 28.2 Å². The number of hydrogen-bond acceptors (Lipinski definition) is 3. The van der Waals surface area contributed by atoms with Crippen LogP contribution < -0.4 is 10.1 Å². The van der Waals surface area contributed by atoms with Crippen LogP contribution in [0, 0.1) is 5.41 Å². The predicted molar refractivity (Wildman–Crippen MR) is 131 cm³/mol. The Morgan fingerprint density at radius 3 is 1.97 bits per heavy atom. The Balaban J connectivity index is 0.000000516. The number of aliphatic hydroxyl groups excluding tert-OH is 1. The first-order valence-electron chi connectivity index (χ1n) is 11.1. The molecule has 168 valence electrons. The third kappa shape index (κ3) is 9.18. The van der Waals surface area contributed by atoms with E-state index >= 15 is 0 Å². The monoisotopic (exact) mass is 461 g/mol. The highest BCUT2D eigenvalue weighted by Gasteiger charge is 2.27. The summed E-state index contributed by atoms with van der Waals surface area (Å²) in [5.41, 5.74) is 1.01. The summed E-state index contributed by atoms with van der Waals surface area (Å²) >= 11 is 12.4. The maximum Gasteiger partial charge on any atom is 0.121 e. The molecule has 3 nitrogen and oxygen atoms in total. The minimum atomic E-state index is -0.721. The second kappa shape index (κ2) is 13.2. The van der Waals surface area contributed by atoms with Crippen molar-refractivity contribution in [3.8, 4) is 5.75 Å². The average molecular weight is 463 g/mol. The van der Waals surface area contributed by atoms with Crippen molar-refractivity contribution in [3.05, 3.63) is 27.7 Å². The average Bonchev–Trinajstić information content (AvgIpc) is 2.68. The highest BCUT2D eigenvalue weighted by molar-refractivity contribution is 6.58. The lowest BCUT2D eigenvalue weighted by atomic mass is 9.75. The highest BCUT2D eigenvalue weighted by Crippen LogP contribution is 2.36. The third-order valence-electron chi connectivity index (χ3n) is 6.29. The van der Waals surface area contributed by atoms with Gasteiger partial charge in [-0.1, -0.05) is 76.0 Å². The molecule has 6 heteroatoms. The van der Waals surface area contributed by atoms with E-state index in [-0.39, 0.29) is 8.80 Å². The Kier molecular flexibility index (Phi) is 12.2. The van der Waals surface area contributed by atoms with Crippen LogP contribution in [0.15, 0.2) is 12.1 Å². The van der Waals surface area contributed by atoms with E-state index in [9.17, 15) is 5.11 Å². The van der Waals surface area contributed by atoms with Gasteiger partial charge in [0.2, 0.25) is 0 Å². The van der Waals surface area contributed by atoms with Crippen molar-refractivity contribution in [3.63, 3.8) is 0 Å². The summed E-state index contributed by atoms with van der Waals surface area (Å²) in [7, 11) is 1.39. The molecule has 0 saturated heterocycles. The molecule has 0 spiro atoms. The van der Waals surface area contributed by atoms with Gasteiger partial charge in [-0.2, -0.15) is 0 Å². The van der Waals surface area contributed by atoms with Crippen LogP contribution in [0.1, 0.15) is 72.0 Å². The molecule has 29 heavy (non-hydrogen) atoms. The van der Waals surface area contributed by atoms with E-state index in [0.717, 1.165) is 12.8 Å². The third-order valence-corrected chi connectivity index (χ3v) is 10.4. The first kappa shape index (κ1) is 26.8. The van der Waals surface area contributed by atoms with Crippen molar-refractivity contribution in [2.75, 3.05) is 13.7 Å². The number of benzene rings is 1. The van der Waals surface area contributed by atoms with Crippen molar-refractivity contribution in [2.24, 2.45) is 5.41 Å². The molecule has 1 fully saturated rings. The van der Waals surface area contributed by atoms with Crippen molar-refractivity contribution < 1.29 is 9.84 Å². The second-order valence-electron chi connectivity index (χ2n) is 8.96. The molecule has 1 aliphatic carbocycles. The maximum absolute atomic E-state index is 10.4. The Bertz CT molecular complexity index is 570. The summed E-state index contributed by atoms with van der Waals surface area (Å²) < 4.78 is 5.12. The van der Waals surface area contributed by atoms with Gasteiger partial charge in [0.25, 0.3) is 0 Å². The number of methoxy groups -OCH3 is 1. The molecule has 1 aromatic rings. The second-order valence-corrected chi connectivity index (χ2v) is 14.0. The molecule has 1 atom stereocenters. The molecule has 0 aliphatic heterocycles. The van der Waals surface area contributed by atoms with E-state index in [1.807, 2.05) is 0 Å². The number of aliphatic hydroxyl groups is 1. The molecular formula is C23H41Cl2NO2Si. The molecule has 0 heterocycles. The summed E-state index contributed by atoms with van der Waals surface area (Å²) in [5, 5.41) is 14.7. The molecular weight excluding hydrogens is 421 g/mol. The number of hydrogen-bond donors (Lipinski definition) is 2. The minimum absolute atomic E-state index is 0.171. The zero-order valence-corrected chi connectivity index (χ0v) is 21.8. The van der Waals surface area contributed by atoms with E-state index in [4.69, 9.17) is 27.9 Å². The summed E-state index contributed by atoms with van der Waals surface area (Å²) in [6.07, 6.45) is 3.99. The number of rotatable bonds is 8. The minimum Gasteiger partial charge on any atom is -0.497 e. The van der Waals surface area contributed by atoms with Gasteiger partial charge in [-0.05, 0) is 43.2 Å². The molecule has 1 aliphatic rings. The Morgan fingerprint density at radius 1 is 1.10 bits per heavy atom. The molecule has 1 saturated carbocycles. The van der Waals surface area contributed by atoms with Gasteiger partial charge in [0.1, 0.15) is 5.75 Å². The van der Waals surface area contributed by atoms with Crippen molar-refractivity contribution in [1.29, 1.82) is 0 Å². The molecule has 0 amide bonds. The topological polar surface area (TPSA) is 41.5 Å². The van der Waals surface area contributed by atoms with Crippen LogP contribution in [0.3, 0.4) is 0 Å². The van der Waals surface area contributed by atoms with Crippen molar-refractivity contribution >= 4 is 32.0 Å². The van der Waals surface area contributed by atoms with Crippen LogP contribution in [0.25, 0.3) is 0 Å². The molecule has 0 radical (unpaired) electrons. The van der Waals surface area contributed by atoms with Crippen LogP contribution in [-0.2, 0) is 0 Å². The van der Waals surface area contributed by atoms with Crippen LogP contribution >= 0.6 is 23.2 Å². The van der Waals surface area contributed by atoms with Gasteiger partial charge in [-0.3, -0.25) is 0 Å². The fourth-order valence-electron chi connectivity index (χ4n) is 3.85. The van der Waals surface area contributed by atoms with E-state index in [2.05, 4.69) is 39.9 Å². The summed E-state index contributed by atoms with van der Waals surface area (Å²) in [4.78, 5) is 0. The Labute approximate surface area is 190 Å². The van der Waals surface area contributed by atoms with Gasteiger partial charge in [-0.25, -0.2) is 0 Å². The van der Waals surface area contributed by atoms with Crippen molar-refractivity contribution in [1.82, 2.24) is 5.32 Å². The molecule has 1 unspecified atom stereocenters. The zero-order chi connectivity index (χ0) is 22.0. The molecule has 0 aromatic heterocycles. The van der Waals surface area contributed by atoms with Gasteiger partial charge < -0.3 is 15.2 Å². The quantitative estimate of drug-likeness (QED) is 0.414. The summed E-state index contributed by atoms with van der Waals surface area (Å²) in [6.45, 7) is 12.1. The number of nitrogens with one attached hydrogen (secondary N) is 1. The fraction of sp³-hybridized carbons (Fsp3) is 0.739. The lowest BCUT2D eigenvalue weighted by Crippen LogP contribution is -2.37.